The molecule has 0 spiro atoms. The van der Waals surface area contributed by atoms with Crippen LogP contribution in [0.5, 0.6) is 0 Å². The fraction of sp³-hybridized carbons (Fsp3) is 0.400. The summed E-state index contributed by atoms with van der Waals surface area (Å²) in [5, 5.41) is 10.8. The van der Waals surface area contributed by atoms with Crippen molar-refractivity contribution in [3.63, 3.8) is 0 Å². The minimum atomic E-state index is -4.48. The van der Waals surface area contributed by atoms with Crippen LogP contribution < -0.4 is 5.32 Å². The Bertz CT molecular complexity index is 658. The molecule has 2 atom stereocenters. The smallest absolute Gasteiger partial charge is 0.416 e. The molecule has 0 radical (unpaired) electrons. The number of hydrogen-bond donors (Lipinski definition) is 2. The molecule has 0 saturated carbocycles. The molecule has 2 rings (SSSR count). The summed E-state index contributed by atoms with van der Waals surface area (Å²) < 4.78 is 37.9. The second kappa shape index (κ2) is 6.50. The second-order valence-electron chi connectivity index (χ2n) is 5.49. The molecule has 1 fully saturated rings. The summed E-state index contributed by atoms with van der Waals surface area (Å²) in [5.74, 6) is -3.05. The highest BCUT2D eigenvalue weighted by molar-refractivity contribution is 5.91. The normalized spacial score (nSPS) is 21.0. The molecule has 130 valence electrons. The molecule has 0 bridgehead atoms. The van der Waals surface area contributed by atoms with E-state index in [1.165, 1.54) is 24.1 Å². The number of carbonyl (C=O) groups is 3. The molecular formula is C15H15F3N2O4. The Kier molecular flexibility index (Phi) is 4.81. The maximum absolute atomic E-state index is 12.6. The summed E-state index contributed by atoms with van der Waals surface area (Å²) in [7, 11) is 1.45. The average molecular weight is 344 g/mol. The first-order valence-corrected chi connectivity index (χ1v) is 7.03. The second-order valence-corrected chi connectivity index (χ2v) is 5.49. The standard InChI is InChI=1S/C15H15F3N2O4/c1-20-11(21)6-10(14(24)19-7-12(22)23)13(20)8-2-4-9(5-3-8)15(16,17)18/h2-5,10,13H,6-7H2,1H3,(H,19,24)(H,22,23)/t10-,13+/m0/s1. The number of aliphatic carboxylic acids is 1. The summed E-state index contributed by atoms with van der Waals surface area (Å²) in [6.45, 7) is -0.590. The Morgan fingerprint density at radius 1 is 1.29 bits per heavy atom. The largest absolute Gasteiger partial charge is 0.480 e. The number of carboxylic acid groups (broad SMARTS) is 1. The monoisotopic (exact) mass is 344 g/mol. The Labute approximate surface area is 135 Å². The van der Waals surface area contributed by atoms with Crippen molar-refractivity contribution >= 4 is 17.8 Å². The first-order valence-electron chi connectivity index (χ1n) is 7.03. The Balaban J connectivity index is 2.25. The van der Waals surface area contributed by atoms with E-state index in [-0.39, 0.29) is 12.3 Å². The molecule has 1 aliphatic rings. The average Bonchev–Trinajstić information content (AvgIpc) is 2.80. The van der Waals surface area contributed by atoms with Crippen molar-refractivity contribution in [2.75, 3.05) is 13.6 Å². The van der Waals surface area contributed by atoms with Crippen LogP contribution in [0.1, 0.15) is 23.6 Å². The predicted molar refractivity (Wildman–Crippen MR) is 75.7 cm³/mol. The van der Waals surface area contributed by atoms with E-state index in [2.05, 4.69) is 5.32 Å². The quantitative estimate of drug-likeness (QED) is 0.865. The number of carboxylic acids is 1. The zero-order valence-electron chi connectivity index (χ0n) is 12.6. The lowest BCUT2D eigenvalue weighted by Crippen LogP contribution is -2.37. The molecule has 2 amide bonds. The van der Waals surface area contributed by atoms with Crippen LogP contribution in [0.4, 0.5) is 13.2 Å². The van der Waals surface area contributed by atoms with Crippen molar-refractivity contribution < 1.29 is 32.7 Å². The molecule has 1 aromatic carbocycles. The molecule has 1 aliphatic heterocycles. The van der Waals surface area contributed by atoms with Gasteiger partial charge >= 0.3 is 12.1 Å². The summed E-state index contributed by atoms with van der Waals surface area (Å²) in [6, 6.07) is 3.48. The molecule has 2 N–H and O–H groups in total. The van der Waals surface area contributed by atoms with Crippen LogP contribution in [0, 0.1) is 5.92 Å². The van der Waals surface area contributed by atoms with Crippen LogP contribution >= 0.6 is 0 Å². The van der Waals surface area contributed by atoms with Gasteiger partial charge in [-0.25, -0.2) is 0 Å². The van der Waals surface area contributed by atoms with E-state index >= 15 is 0 Å². The van der Waals surface area contributed by atoms with E-state index < -0.39 is 42.1 Å². The Hall–Kier alpha value is -2.58. The van der Waals surface area contributed by atoms with E-state index in [4.69, 9.17) is 5.11 Å². The minimum Gasteiger partial charge on any atom is -0.480 e. The lowest BCUT2D eigenvalue weighted by molar-refractivity contribution is -0.138. The first kappa shape index (κ1) is 17.8. The van der Waals surface area contributed by atoms with Gasteiger partial charge in [0.1, 0.15) is 6.54 Å². The fourth-order valence-electron chi connectivity index (χ4n) is 2.72. The van der Waals surface area contributed by atoms with Crippen LogP contribution in [0.3, 0.4) is 0 Å². The van der Waals surface area contributed by atoms with Gasteiger partial charge in [-0.2, -0.15) is 13.2 Å². The Morgan fingerprint density at radius 3 is 2.38 bits per heavy atom. The molecule has 1 saturated heterocycles. The van der Waals surface area contributed by atoms with E-state index in [0.29, 0.717) is 5.56 Å². The van der Waals surface area contributed by atoms with Crippen LogP contribution in [-0.2, 0) is 20.6 Å². The van der Waals surface area contributed by atoms with Crippen LogP contribution in [0.15, 0.2) is 24.3 Å². The van der Waals surface area contributed by atoms with Gasteiger partial charge in [0.2, 0.25) is 11.8 Å². The van der Waals surface area contributed by atoms with Gasteiger partial charge in [-0.1, -0.05) is 12.1 Å². The molecule has 1 aromatic rings. The lowest BCUT2D eigenvalue weighted by atomic mass is 9.92. The zero-order valence-corrected chi connectivity index (χ0v) is 12.6. The third kappa shape index (κ3) is 3.66. The van der Waals surface area contributed by atoms with Gasteiger partial charge in [0.15, 0.2) is 0 Å². The number of alkyl halides is 3. The van der Waals surface area contributed by atoms with E-state index in [0.717, 1.165) is 12.1 Å². The topological polar surface area (TPSA) is 86.7 Å². The van der Waals surface area contributed by atoms with Crippen LogP contribution in [-0.4, -0.2) is 41.4 Å². The summed E-state index contributed by atoms with van der Waals surface area (Å²) in [5.41, 5.74) is -0.447. The van der Waals surface area contributed by atoms with Gasteiger partial charge in [-0.05, 0) is 17.7 Å². The van der Waals surface area contributed by atoms with Crippen molar-refractivity contribution in [1.82, 2.24) is 10.2 Å². The number of rotatable bonds is 4. The number of halogens is 3. The molecule has 1 heterocycles. The van der Waals surface area contributed by atoms with E-state index in [1.54, 1.807) is 0 Å². The molecule has 0 unspecified atom stereocenters. The third-order valence-electron chi connectivity index (χ3n) is 3.92. The maximum atomic E-state index is 12.6. The highest BCUT2D eigenvalue weighted by Gasteiger charge is 2.43. The van der Waals surface area contributed by atoms with Gasteiger partial charge < -0.3 is 15.3 Å². The van der Waals surface area contributed by atoms with E-state index in [1.807, 2.05) is 0 Å². The molecule has 0 aromatic heterocycles. The number of benzene rings is 1. The summed E-state index contributed by atoms with van der Waals surface area (Å²) >= 11 is 0. The molecule has 6 nitrogen and oxygen atoms in total. The van der Waals surface area contributed by atoms with Crippen molar-refractivity contribution in [3.05, 3.63) is 35.4 Å². The third-order valence-corrected chi connectivity index (χ3v) is 3.92. The highest BCUT2D eigenvalue weighted by Crippen LogP contribution is 2.38. The van der Waals surface area contributed by atoms with Crippen molar-refractivity contribution in [1.29, 1.82) is 0 Å². The maximum Gasteiger partial charge on any atom is 0.416 e. The number of amides is 2. The summed E-state index contributed by atoms with van der Waals surface area (Å²) in [4.78, 5) is 35.8. The molecular weight excluding hydrogens is 329 g/mol. The van der Waals surface area contributed by atoms with Gasteiger partial charge in [-0.3, -0.25) is 14.4 Å². The summed E-state index contributed by atoms with van der Waals surface area (Å²) in [6.07, 6.45) is -4.61. The van der Waals surface area contributed by atoms with Crippen molar-refractivity contribution in [2.45, 2.75) is 18.6 Å². The number of carbonyl (C=O) groups excluding carboxylic acids is 2. The number of hydrogen-bond acceptors (Lipinski definition) is 3. The van der Waals surface area contributed by atoms with Gasteiger partial charge in [0.05, 0.1) is 17.5 Å². The minimum absolute atomic E-state index is 0.131. The van der Waals surface area contributed by atoms with E-state index in [9.17, 15) is 27.6 Å². The SMILES string of the molecule is CN1C(=O)C[C@H](C(=O)NCC(=O)O)[C@H]1c1ccc(C(F)(F)F)cc1. The molecule has 0 aliphatic carbocycles. The Morgan fingerprint density at radius 2 is 1.88 bits per heavy atom. The van der Waals surface area contributed by atoms with Crippen LogP contribution in [0.25, 0.3) is 0 Å². The number of nitrogens with zero attached hydrogens (tertiary/aromatic N) is 1. The van der Waals surface area contributed by atoms with Gasteiger partial charge in [0.25, 0.3) is 0 Å². The van der Waals surface area contributed by atoms with Gasteiger partial charge in [-0.15, -0.1) is 0 Å². The number of likely N-dealkylation sites (tertiary alicyclic amines) is 1. The fourth-order valence-corrected chi connectivity index (χ4v) is 2.72. The van der Waals surface area contributed by atoms with Gasteiger partial charge in [0, 0.05) is 13.5 Å². The van der Waals surface area contributed by atoms with Crippen LogP contribution in [0.2, 0.25) is 0 Å². The lowest BCUT2D eigenvalue weighted by Gasteiger charge is -2.25. The molecule has 9 heteroatoms. The zero-order chi connectivity index (χ0) is 18.1. The first-order chi connectivity index (χ1) is 11.1. The van der Waals surface area contributed by atoms with Crippen molar-refractivity contribution in [2.24, 2.45) is 5.92 Å². The van der Waals surface area contributed by atoms with Crippen molar-refractivity contribution in [3.8, 4) is 0 Å². The highest BCUT2D eigenvalue weighted by atomic mass is 19.4. The number of nitrogens with one attached hydrogen (secondary N) is 1. The predicted octanol–water partition coefficient (Wildman–Crippen LogP) is 1.43. The molecule has 24 heavy (non-hydrogen) atoms.